The Morgan fingerprint density at radius 1 is 1.14 bits per heavy atom. The maximum absolute atomic E-state index is 14.0. The Balaban J connectivity index is 2.15. The van der Waals surface area contributed by atoms with E-state index in [0.29, 0.717) is 18.8 Å². The highest BCUT2D eigenvalue weighted by Crippen LogP contribution is 2.41. The van der Waals surface area contributed by atoms with Gasteiger partial charge in [0.05, 0.1) is 10.0 Å². The van der Waals surface area contributed by atoms with Gasteiger partial charge in [0.1, 0.15) is 5.82 Å². The van der Waals surface area contributed by atoms with Gasteiger partial charge in [-0.05, 0) is 65.1 Å². The number of carbonyl (C=O) groups excluding carboxylic acids is 1. The molecule has 0 heterocycles. The molecule has 0 saturated heterocycles. The number of benzene rings is 1. The first kappa shape index (κ1) is 16.6. The van der Waals surface area contributed by atoms with Crippen molar-refractivity contribution in [3.8, 4) is 0 Å². The summed E-state index contributed by atoms with van der Waals surface area (Å²) in [6.07, 6.45) is 3.31. The SMILES string of the molecule is CC(C)(C)C1CCC(C(=O)c2c(F)ccc(Br)c2F)CC1. The first-order valence-electron chi connectivity index (χ1n) is 7.39. The van der Waals surface area contributed by atoms with E-state index in [1.165, 1.54) is 6.07 Å². The number of rotatable bonds is 2. The van der Waals surface area contributed by atoms with Crippen molar-refractivity contribution in [1.82, 2.24) is 0 Å². The first-order chi connectivity index (χ1) is 9.71. The lowest BCUT2D eigenvalue weighted by molar-refractivity contribution is 0.0810. The molecule has 1 saturated carbocycles. The zero-order valence-corrected chi connectivity index (χ0v) is 14.3. The highest BCUT2D eigenvalue weighted by atomic mass is 79.9. The predicted molar refractivity (Wildman–Crippen MR) is 83.3 cm³/mol. The third kappa shape index (κ3) is 3.53. The van der Waals surface area contributed by atoms with Crippen molar-refractivity contribution in [2.45, 2.75) is 46.5 Å². The fraction of sp³-hybridized carbons (Fsp3) is 0.588. The molecule has 0 aliphatic heterocycles. The van der Waals surface area contributed by atoms with Gasteiger partial charge in [-0.2, -0.15) is 0 Å². The number of Topliss-reactive ketones (excluding diaryl/α,β-unsaturated/α-hetero) is 1. The van der Waals surface area contributed by atoms with Crippen LogP contribution >= 0.6 is 15.9 Å². The standard InChI is InChI=1S/C17H21BrF2O/c1-17(2,3)11-6-4-10(5-7-11)16(21)14-13(19)9-8-12(18)15(14)20/h8-11H,4-7H2,1-3H3. The van der Waals surface area contributed by atoms with Crippen LogP contribution in [0.5, 0.6) is 0 Å². The lowest BCUT2D eigenvalue weighted by Gasteiger charge is -2.36. The average molecular weight is 359 g/mol. The Kier molecular flexibility index (Phi) is 4.86. The van der Waals surface area contributed by atoms with Gasteiger partial charge >= 0.3 is 0 Å². The van der Waals surface area contributed by atoms with Crippen molar-refractivity contribution in [2.24, 2.45) is 17.3 Å². The molecular formula is C17H21BrF2O. The first-order valence-corrected chi connectivity index (χ1v) is 8.19. The molecule has 1 aliphatic carbocycles. The predicted octanol–water partition coefficient (Wildman–Crippen LogP) is 5.76. The molecule has 1 fully saturated rings. The second kappa shape index (κ2) is 6.15. The van der Waals surface area contributed by atoms with Crippen molar-refractivity contribution < 1.29 is 13.6 Å². The van der Waals surface area contributed by atoms with Gasteiger partial charge < -0.3 is 0 Å². The molecule has 2 rings (SSSR count). The van der Waals surface area contributed by atoms with Gasteiger partial charge in [0.25, 0.3) is 0 Å². The maximum Gasteiger partial charge on any atom is 0.171 e. The van der Waals surface area contributed by atoms with Crippen molar-refractivity contribution in [3.05, 3.63) is 33.8 Å². The minimum Gasteiger partial charge on any atom is -0.294 e. The smallest absolute Gasteiger partial charge is 0.171 e. The molecular weight excluding hydrogens is 338 g/mol. The van der Waals surface area contributed by atoms with E-state index in [2.05, 4.69) is 36.7 Å². The van der Waals surface area contributed by atoms with Crippen LogP contribution in [0.1, 0.15) is 56.8 Å². The third-order valence-electron chi connectivity index (χ3n) is 4.61. The number of hydrogen-bond donors (Lipinski definition) is 0. The van der Waals surface area contributed by atoms with Crippen LogP contribution in [0.4, 0.5) is 8.78 Å². The quantitative estimate of drug-likeness (QED) is 0.484. The number of hydrogen-bond acceptors (Lipinski definition) is 1. The van der Waals surface area contributed by atoms with E-state index in [0.717, 1.165) is 18.9 Å². The van der Waals surface area contributed by atoms with Crippen LogP contribution in [0, 0.1) is 28.9 Å². The third-order valence-corrected chi connectivity index (χ3v) is 5.23. The summed E-state index contributed by atoms with van der Waals surface area (Å²) in [7, 11) is 0. The van der Waals surface area contributed by atoms with E-state index >= 15 is 0 Å². The van der Waals surface area contributed by atoms with E-state index in [-0.39, 0.29) is 21.4 Å². The molecule has 0 N–H and O–H groups in total. The summed E-state index contributed by atoms with van der Waals surface area (Å²) in [5, 5.41) is 0. The van der Waals surface area contributed by atoms with Gasteiger partial charge in [-0.15, -0.1) is 0 Å². The Bertz CT molecular complexity index is 540. The van der Waals surface area contributed by atoms with Gasteiger partial charge in [0.15, 0.2) is 11.6 Å². The molecule has 0 atom stereocenters. The van der Waals surface area contributed by atoms with Gasteiger partial charge in [-0.3, -0.25) is 4.79 Å². The molecule has 1 nitrogen and oxygen atoms in total. The Morgan fingerprint density at radius 3 is 2.24 bits per heavy atom. The van der Waals surface area contributed by atoms with Gasteiger partial charge in [-0.25, -0.2) is 8.78 Å². The minimum absolute atomic E-state index is 0.135. The molecule has 1 aromatic carbocycles. The lowest BCUT2D eigenvalue weighted by Crippen LogP contribution is -2.29. The highest BCUT2D eigenvalue weighted by molar-refractivity contribution is 9.10. The molecule has 0 spiro atoms. The Hall–Kier alpha value is -0.770. The van der Waals surface area contributed by atoms with Crippen molar-refractivity contribution in [1.29, 1.82) is 0 Å². The molecule has 116 valence electrons. The van der Waals surface area contributed by atoms with Crippen LogP contribution in [0.2, 0.25) is 0 Å². The van der Waals surface area contributed by atoms with Gasteiger partial charge in [0, 0.05) is 5.92 Å². The van der Waals surface area contributed by atoms with Crippen LogP contribution < -0.4 is 0 Å². The van der Waals surface area contributed by atoms with Crippen LogP contribution in [0.3, 0.4) is 0 Å². The fourth-order valence-electron chi connectivity index (χ4n) is 3.18. The van der Waals surface area contributed by atoms with E-state index in [1.54, 1.807) is 0 Å². The maximum atomic E-state index is 14.0. The topological polar surface area (TPSA) is 17.1 Å². The molecule has 0 unspecified atom stereocenters. The second-order valence-electron chi connectivity index (χ2n) is 7.00. The largest absolute Gasteiger partial charge is 0.294 e. The molecule has 0 radical (unpaired) electrons. The highest BCUT2D eigenvalue weighted by Gasteiger charge is 2.34. The zero-order chi connectivity index (χ0) is 15.8. The van der Waals surface area contributed by atoms with Gasteiger partial charge in [-0.1, -0.05) is 20.8 Å². The van der Waals surface area contributed by atoms with Gasteiger partial charge in [0.2, 0.25) is 0 Å². The summed E-state index contributed by atoms with van der Waals surface area (Å²) in [6.45, 7) is 6.61. The van der Waals surface area contributed by atoms with Crippen LogP contribution in [0.15, 0.2) is 16.6 Å². The van der Waals surface area contributed by atoms with E-state index in [4.69, 9.17) is 0 Å². The molecule has 1 aromatic rings. The molecule has 21 heavy (non-hydrogen) atoms. The fourth-order valence-corrected chi connectivity index (χ4v) is 3.51. The molecule has 0 aromatic heterocycles. The van der Waals surface area contributed by atoms with E-state index in [1.807, 2.05) is 0 Å². The molecule has 0 amide bonds. The number of carbonyl (C=O) groups is 1. The number of ketones is 1. The Labute approximate surface area is 133 Å². The summed E-state index contributed by atoms with van der Waals surface area (Å²) in [6, 6.07) is 2.43. The minimum atomic E-state index is -0.780. The molecule has 1 aliphatic rings. The summed E-state index contributed by atoms with van der Waals surface area (Å²) >= 11 is 3.01. The second-order valence-corrected chi connectivity index (χ2v) is 7.85. The van der Waals surface area contributed by atoms with Crippen molar-refractivity contribution in [3.63, 3.8) is 0 Å². The Morgan fingerprint density at radius 2 is 1.71 bits per heavy atom. The van der Waals surface area contributed by atoms with Crippen molar-refractivity contribution >= 4 is 21.7 Å². The molecule has 0 bridgehead atoms. The van der Waals surface area contributed by atoms with E-state index < -0.39 is 17.4 Å². The monoisotopic (exact) mass is 358 g/mol. The normalized spacial score (nSPS) is 23.1. The summed E-state index contributed by atoms with van der Waals surface area (Å²) < 4.78 is 28.0. The molecule has 4 heteroatoms. The number of halogens is 3. The van der Waals surface area contributed by atoms with Crippen LogP contribution in [-0.4, -0.2) is 5.78 Å². The van der Waals surface area contributed by atoms with Crippen LogP contribution in [0.25, 0.3) is 0 Å². The summed E-state index contributed by atoms with van der Waals surface area (Å²) in [4.78, 5) is 12.4. The van der Waals surface area contributed by atoms with Crippen LogP contribution in [-0.2, 0) is 0 Å². The summed E-state index contributed by atoms with van der Waals surface area (Å²) in [5.41, 5.74) is -0.163. The summed E-state index contributed by atoms with van der Waals surface area (Å²) in [5.74, 6) is -1.63. The van der Waals surface area contributed by atoms with Crippen molar-refractivity contribution in [2.75, 3.05) is 0 Å². The lowest BCUT2D eigenvalue weighted by atomic mass is 9.68. The zero-order valence-electron chi connectivity index (χ0n) is 12.7. The average Bonchev–Trinajstić information content (AvgIpc) is 2.42. The van der Waals surface area contributed by atoms with E-state index in [9.17, 15) is 13.6 Å².